The molecule has 8 heteroatoms. The van der Waals surface area contributed by atoms with Crippen molar-refractivity contribution in [2.45, 2.75) is 18.4 Å². The van der Waals surface area contributed by atoms with E-state index in [2.05, 4.69) is 10.1 Å². The summed E-state index contributed by atoms with van der Waals surface area (Å²) in [6.45, 7) is 0. The highest BCUT2D eigenvalue weighted by molar-refractivity contribution is 6.32. The first-order valence-electron chi connectivity index (χ1n) is 5.16. The van der Waals surface area contributed by atoms with Gasteiger partial charge in [0, 0.05) is 23.9 Å². The normalized spacial score (nSPS) is 23.0. The van der Waals surface area contributed by atoms with Crippen LogP contribution in [0.4, 0.5) is 0 Å². The van der Waals surface area contributed by atoms with E-state index in [0.29, 0.717) is 5.15 Å². The third-order valence-electron chi connectivity index (χ3n) is 2.79. The summed E-state index contributed by atoms with van der Waals surface area (Å²) in [5, 5.41) is 21.9. The number of rotatable bonds is 3. The van der Waals surface area contributed by atoms with Gasteiger partial charge in [-0.3, -0.25) is 0 Å². The lowest BCUT2D eigenvalue weighted by Gasteiger charge is -2.04. The fraction of sp³-hybridized carbons (Fsp3) is 0.333. The first-order valence-corrected chi connectivity index (χ1v) is 5.54. The Morgan fingerprint density at radius 2 is 2.35 bits per heavy atom. The predicted octanol–water partition coefficient (Wildman–Crippen LogP) is 0.225. The van der Waals surface area contributed by atoms with Gasteiger partial charge in [-0.15, -0.1) is 0 Å². The summed E-state index contributed by atoms with van der Waals surface area (Å²) in [5.74, 6) is 0.0854. The summed E-state index contributed by atoms with van der Waals surface area (Å²) in [4.78, 5) is 4.20. The SMILES string of the molecule is OB(O)O[C@H]1C[C@H]1c1cc(Cl)nn2ccnc12. The number of nitrogens with zero attached hydrogens (tertiary/aromatic N) is 3. The number of imidazole rings is 1. The van der Waals surface area contributed by atoms with Crippen molar-refractivity contribution in [3.63, 3.8) is 0 Å². The summed E-state index contributed by atoms with van der Waals surface area (Å²) in [6, 6.07) is 1.74. The molecule has 2 aromatic rings. The molecule has 0 amide bonds. The van der Waals surface area contributed by atoms with Crippen LogP contribution in [0.5, 0.6) is 0 Å². The summed E-state index contributed by atoms with van der Waals surface area (Å²) in [5.41, 5.74) is 1.64. The molecule has 1 saturated carbocycles. The highest BCUT2D eigenvalue weighted by atomic mass is 35.5. The molecular formula is C9H9BClN3O3. The summed E-state index contributed by atoms with van der Waals surface area (Å²) in [6.07, 6.45) is 3.87. The van der Waals surface area contributed by atoms with Crippen LogP contribution >= 0.6 is 11.6 Å². The topological polar surface area (TPSA) is 79.9 Å². The van der Waals surface area contributed by atoms with Gasteiger partial charge in [-0.05, 0) is 12.5 Å². The molecule has 1 aliphatic rings. The fourth-order valence-corrected chi connectivity index (χ4v) is 2.19. The van der Waals surface area contributed by atoms with Crippen LogP contribution < -0.4 is 0 Å². The first-order chi connectivity index (χ1) is 8.15. The van der Waals surface area contributed by atoms with E-state index >= 15 is 0 Å². The van der Waals surface area contributed by atoms with Crippen molar-refractivity contribution < 1.29 is 14.7 Å². The van der Waals surface area contributed by atoms with Crippen molar-refractivity contribution in [2.75, 3.05) is 0 Å². The predicted molar refractivity (Wildman–Crippen MR) is 60.4 cm³/mol. The maximum atomic E-state index is 8.73. The molecule has 0 aliphatic heterocycles. The maximum absolute atomic E-state index is 8.73. The first kappa shape index (κ1) is 11.0. The Labute approximate surface area is 102 Å². The average Bonchev–Trinajstić information content (AvgIpc) is 2.83. The minimum atomic E-state index is -1.74. The van der Waals surface area contributed by atoms with Gasteiger partial charge in [0.2, 0.25) is 0 Å². The Bertz CT molecular complexity index is 561. The Morgan fingerprint density at radius 1 is 1.53 bits per heavy atom. The van der Waals surface area contributed by atoms with Crippen LogP contribution in [0.15, 0.2) is 18.5 Å². The minimum absolute atomic E-state index is 0.0854. The molecule has 6 nitrogen and oxygen atoms in total. The van der Waals surface area contributed by atoms with Crippen LogP contribution in [0.2, 0.25) is 5.15 Å². The molecule has 2 heterocycles. The van der Waals surface area contributed by atoms with Crippen molar-refractivity contribution in [2.24, 2.45) is 0 Å². The van der Waals surface area contributed by atoms with Crippen molar-refractivity contribution in [3.05, 3.63) is 29.2 Å². The van der Waals surface area contributed by atoms with Gasteiger partial charge in [0.05, 0.1) is 6.10 Å². The molecule has 0 saturated heterocycles. The lowest BCUT2D eigenvalue weighted by atomic mass is 10.2. The second-order valence-corrected chi connectivity index (χ2v) is 4.35. The van der Waals surface area contributed by atoms with Crippen LogP contribution in [0.3, 0.4) is 0 Å². The van der Waals surface area contributed by atoms with E-state index in [1.165, 1.54) is 0 Å². The molecular weight excluding hydrogens is 244 g/mol. The largest absolute Gasteiger partial charge is 0.634 e. The Balaban J connectivity index is 1.93. The number of aromatic nitrogens is 3. The van der Waals surface area contributed by atoms with Gasteiger partial charge in [0.15, 0.2) is 5.65 Å². The molecule has 88 valence electrons. The Hall–Kier alpha value is -1.15. The third-order valence-corrected chi connectivity index (χ3v) is 2.97. The number of fused-ring (bicyclic) bond motifs is 1. The minimum Gasteiger partial charge on any atom is -0.402 e. The molecule has 1 aliphatic carbocycles. The van der Waals surface area contributed by atoms with Crippen molar-refractivity contribution >= 4 is 24.6 Å². The third kappa shape index (κ3) is 2.02. The van der Waals surface area contributed by atoms with E-state index in [-0.39, 0.29) is 12.0 Å². The number of hydrogen-bond donors (Lipinski definition) is 2. The molecule has 2 atom stereocenters. The van der Waals surface area contributed by atoms with E-state index in [1.54, 1.807) is 23.0 Å². The van der Waals surface area contributed by atoms with Gasteiger partial charge >= 0.3 is 7.32 Å². The lowest BCUT2D eigenvalue weighted by molar-refractivity contribution is 0.172. The van der Waals surface area contributed by atoms with Gasteiger partial charge in [0.1, 0.15) is 5.15 Å². The van der Waals surface area contributed by atoms with Crippen LogP contribution in [-0.4, -0.2) is 38.1 Å². The van der Waals surface area contributed by atoms with Gasteiger partial charge < -0.3 is 14.7 Å². The zero-order chi connectivity index (χ0) is 12.0. The van der Waals surface area contributed by atoms with E-state index in [9.17, 15) is 0 Å². The van der Waals surface area contributed by atoms with E-state index in [4.69, 9.17) is 26.3 Å². The quantitative estimate of drug-likeness (QED) is 0.765. The molecule has 2 N–H and O–H groups in total. The van der Waals surface area contributed by atoms with Gasteiger partial charge in [-0.2, -0.15) is 5.10 Å². The number of hydrogen-bond acceptors (Lipinski definition) is 5. The average molecular weight is 253 g/mol. The standard InChI is InChI=1S/C9H9BClN3O3/c11-8-4-6(5-3-7(5)17-10(15)16)9-12-1-2-14(9)13-8/h1-2,4-5,7,15-16H,3H2/t5-,7-/m0/s1. The molecule has 0 radical (unpaired) electrons. The molecule has 3 rings (SSSR count). The van der Waals surface area contributed by atoms with Gasteiger partial charge in [-0.25, -0.2) is 9.50 Å². The molecule has 0 bridgehead atoms. The van der Waals surface area contributed by atoms with Crippen LogP contribution in [0.1, 0.15) is 17.9 Å². The van der Waals surface area contributed by atoms with Gasteiger partial charge in [-0.1, -0.05) is 11.6 Å². The van der Waals surface area contributed by atoms with E-state index in [1.807, 2.05) is 0 Å². The monoisotopic (exact) mass is 253 g/mol. The Morgan fingerprint density at radius 3 is 3.12 bits per heavy atom. The highest BCUT2D eigenvalue weighted by Crippen LogP contribution is 2.45. The van der Waals surface area contributed by atoms with E-state index < -0.39 is 7.32 Å². The second kappa shape index (κ2) is 3.95. The fourth-order valence-electron chi connectivity index (χ4n) is 1.99. The summed E-state index contributed by atoms with van der Waals surface area (Å²) in [7, 11) is -1.74. The molecule has 1 fully saturated rings. The van der Waals surface area contributed by atoms with Crippen molar-refractivity contribution in [1.29, 1.82) is 0 Å². The number of halogens is 1. The summed E-state index contributed by atoms with van der Waals surface area (Å²) >= 11 is 5.91. The molecule has 0 unspecified atom stereocenters. The Kier molecular flexibility index (Phi) is 2.55. The second-order valence-electron chi connectivity index (χ2n) is 3.96. The van der Waals surface area contributed by atoms with E-state index in [0.717, 1.165) is 17.6 Å². The zero-order valence-corrected chi connectivity index (χ0v) is 9.45. The van der Waals surface area contributed by atoms with Crippen LogP contribution in [0.25, 0.3) is 5.65 Å². The van der Waals surface area contributed by atoms with Crippen molar-refractivity contribution in [1.82, 2.24) is 14.6 Å². The van der Waals surface area contributed by atoms with Crippen molar-refractivity contribution in [3.8, 4) is 0 Å². The molecule has 2 aromatic heterocycles. The highest BCUT2D eigenvalue weighted by Gasteiger charge is 2.43. The van der Waals surface area contributed by atoms with Crippen LogP contribution in [-0.2, 0) is 4.65 Å². The lowest BCUT2D eigenvalue weighted by Crippen LogP contribution is -2.18. The van der Waals surface area contributed by atoms with Gasteiger partial charge in [0.25, 0.3) is 0 Å². The van der Waals surface area contributed by atoms with Crippen LogP contribution in [0, 0.1) is 0 Å². The molecule has 17 heavy (non-hydrogen) atoms. The summed E-state index contributed by atoms with van der Waals surface area (Å²) < 4.78 is 6.50. The zero-order valence-electron chi connectivity index (χ0n) is 8.69. The molecule has 0 aromatic carbocycles. The maximum Gasteiger partial charge on any atom is 0.634 e. The molecule has 0 spiro atoms. The smallest absolute Gasteiger partial charge is 0.402 e.